The Hall–Kier alpha value is -1.89. The van der Waals surface area contributed by atoms with E-state index in [0.717, 1.165) is 50.5 Å². The third-order valence-electron chi connectivity index (χ3n) is 4.46. The van der Waals surface area contributed by atoms with Crippen LogP contribution in [0, 0.1) is 0 Å². The lowest BCUT2D eigenvalue weighted by Crippen LogP contribution is -2.50. The van der Waals surface area contributed by atoms with Gasteiger partial charge in [-0.1, -0.05) is 30.3 Å². The van der Waals surface area contributed by atoms with Gasteiger partial charge in [-0.3, -0.25) is 0 Å². The van der Waals surface area contributed by atoms with Gasteiger partial charge in [-0.15, -0.1) is 0 Å². The lowest BCUT2D eigenvalue weighted by molar-refractivity contribution is 0.147. The SMILES string of the molecule is CN1CCN(CCC2(N)C=C(N)NC(c3ccccc3)=N2)CC1. The van der Waals surface area contributed by atoms with E-state index in [9.17, 15) is 0 Å². The van der Waals surface area contributed by atoms with Gasteiger partial charge in [0, 0.05) is 44.7 Å². The third-order valence-corrected chi connectivity index (χ3v) is 4.46. The Bertz CT molecular complexity index is 588. The van der Waals surface area contributed by atoms with E-state index < -0.39 is 5.66 Å². The highest BCUT2D eigenvalue weighted by molar-refractivity contribution is 6.00. The number of nitrogens with one attached hydrogen (secondary N) is 1. The van der Waals surface area contributed by atoms with E-state index in [0.29, 0.717) is 5.82 Å². The normalized spacial score (nSPS) is 26.3. The van der Waals surface area contributed by atoms with Gasteiger partial charge in [0.1, 0.15) is 17.3 Å². The molecule has 5 N–H and O–H groups in total. The van der Waals surface area contributed by atoms with Crippen LogP contribution in [0.1, 0.15) is 12.0 Å². The summed E-state index contributed by atoms with van der Waals surface area (Å²) in [7, 11) is 2.16. The second-order valence-electron chi connectivity index (χ2n) is 6.44. The smallest absolute Gasteiger partial charge is 0.136 e. The molecule has 3 rings (SSSR count). The molecule has 1 aromatic carbocycles. The molecule has 0 aliphatic carbocycles. The molecule has 23 heavy (non-hydrogen) atoms. The molecular weight excluding hydrogens is 288 g/mol. The van der Waals surface area contributed by atoms with Gasteiger partial charge in [-0.25, -0.2) is 4.99 Å². The van der Waals surface area contributed by atoms with Crippen molar-refractivity contribution < 1.29 is 0 Å². The zero-order valence-corrected chi connectivity index (χ0v) is 13.7. The summed E-state index contributed by atoms with van der Waals surface area (Å²) in [6.07, 6.45) is 2.59. The predicted molar refractivity (Wildman–Crippen MR) is 93.9 cm³/mol. The van der Waals surface area contributed by atoms with Crippen LogP contribution in [0.3, 0.4) is 0 Å². The molecule has 2 aliphatic heterocycles. The Morgan fingerprint density at radius 3 is 2.57 bits per heavy atom. The third kappa shape index (κ3) is 4.10. The molecule has 124 valence electrons. The molecule has 1 atom stereocenters. The van der Waals surface area contributed by atoms with Crippen molar-refractivity contribution in [2.45, 2.75) is 12.1 Å². The molecule has 2 aliphatic rings. The topological polar surface area (TPSA) is 82.9 Å². The van der Waals surface area contributed by atoms with Crippen LogP contribution in [-0.4, -0.2) is 61.1 Å². The number of hydrogen-bond acceptors (Lipinski definition) is 6. The number of amidine groups is 1. The summed E-state index contributed by atoms with van der Waals surface area (Å²) in [6.45, 7) is 5.31. The molecule has 0 aromatic heterocycles. The summed E-state index contributed by atoms with van der Waals surface area (Å²) >= 11 is 0. The number of nitrogens with two attached hydrogens (primary N) is 2. The highest BCUT2D eigenvalue weighted by Gasteiger charge is 2.28. The number of likely N-dealkylation sites (N-methyl/N-ethyl adjacent to an activating group) is 1. The second kappa shape index (κ2) is 6.70. The van der Waals surface area contributed by atoms with Crippen molar-refractivity contribution in [3.63, 3.8) is 0 Å². The molecule has 1 saturated heterocycles. The maximum Gasteiger partial charge on any atom is 0.136 e. The maximum atomic E-state index is 6.50. The number of benzene rings is 1. The van der Waals surface area contributed by atoms with E-state index in [4.69, 9.17) is 16.5 Å². The van der Waals surface area contributed by atoms with E-state index in [-0.39, 0.29) is 0 Å². The largest absolute Gasteiger partial charge is 0.385 e. The first-order chi connectivity index (χ1) is 11.0. The number of rotatable bonds is 4. The fourth-order valence-corrected chi connectivity index (χ4v) is 2.98. The molecule has 6 heteroatoms. The van der Waals surface area contributed by atoms with Gasteiger partial charge in [-0.05, 0) is 13.1 Å². The lowest BCUT2D eigenvalue weighted by atomic mass is 10.0. The van der Waals surface area contributed by atoms with Crippen molar-refractivity contribution in [1.82, 2.24) is 15.1 Å². The van der Waals surface area contributed by atoms with Crippen LogP contribution in [0.4, 0.5) is 0 Å². The summed E-state index contributed by atoms with van der Waals surface area (Å²) < 4.78 is 0. The first kappa shape index (κ1) is 16.0. The van der Waals surface area contributed by atoms with Gasteiger partial charge in [0.15, 0.2) is 0 Å². The van der Waals surface area contributed by atoms with Crippen molar-refractivity contribution in [3.8, 4) is 0 Å². The molecular formula is C17H26N6. The lowest BCUT2D eigenvalue weighted by Gasteiger charge is -2.35. The molecule has 1 aromatic rings. The first-order valence-electron chi connectivity index (χ1n) is 8.14. The van der Waals surface area contributed by atoms with Crippen LogP contribution >= 0.6 is 0 Å². The summed E-state index contributed by atoms with van der Waals surface area (Å²) in [5.74, 6) is 1.31. The monoisotopic (exact) mass is 314 g/mol. The fourth-order valence-electron chi connectivity index (χ4n) is 2.98. The van der Waals surface area contributed by atoms with E-state index in [1.807, 2.05) is 36.4 Å². The van der Waals surface area contributed by atoms with Crippen LogP contribution in [0.15, 0.2) is 47.2 Å². The van der Waals surface area contributed by atoms with Gasteiger partial charge in [0.25, 0.3) is 0 Å². The van der Waals surface area contributed by atoms with Crippen molar-refractivity contribution in [3.05, 3.63) is 47.8 Å². The zero-order chi connectivity index (χ0) is 16.3. The number of hydrogen-bond donors (Lipinski definition) is 3. The molecule has 0 amide bonds. The highest BCUT2D eigenvalue weighted by atomic mass is 15.3. The first-order valence-corrected chi connectivity index (χ1v) is 8.14. The average Bonchev–Trinajstić information content (AvgIpc) is 2.54. The molecule has 0 radical (unpaired) electrons. The van der Waals surface area contributed by atoms with E-state index in [1.54, 1.807) is 0 Å². The maximum absolute atomic E-state index is 6.50. The van der Waals surface area contributed by atoms with Gasteiger partial charge >= 0.3 is 0 Å². The van der Waals surface area contributed by atoms with E-state index >= 15 is 0 Å². The van der Waals surface area contributed by atoms with Crippen LogP contribution in [0.25, 0.3) is 0 Å². The Balaban J connectivity index is 1.68. The Morgan fingerprint density at radius 1 is 1.17 bits per heavy atom. The minimum absolute atomic E-state index is 0.569. The Morgan fingerprint density at radius 2 is 1.87 bits per heavy atom. The number of piperazine rings is 1. The van der Waals surface area contributed by atoms with E-state index in [2.05, 4.69) is 22.2 Å². The Kier molecular flexibility index (Phi) is 4.66. The standard InChI is InChI=1S/C17H26N6/c1-22-9-11-23(12-10-22)8-7-17(19)13-15(18)20-16(21-17)14-5-3-2-4-6-14/h2-6,13H,7-12,18-19H2,1H3,(H,20,21). The van der Waals surface area contributed by atoms with Crippen LogP contribution in [0.2, 0.25) is 0 Å². The molecule has 0 saturated carbocycles. The van der Waals surface area contributed by atoms with Crippen LogP contribution in [0.5, 0.6) is 0 Å². The van der Waals surface area contributed by atoms with Crippen molar-refractivity contribution >= 4 is 5.84 Å². The predicted octanol–water partition coefficient (Wildman–Crippen LogP) is 0.129. The summed E-state index contributed by atoms with van der Waals surface area (Å²) in [5.41, 5.74) is 12.8. The molecule has 2 heterocycles. The fraction of sp³-hybridized carbons (Fsp3) is 0.471. The van der Waals surface area contributed by atoms with E-state index in [1.165, 1.54) is 0 Å². The Labute approximate surface area is 137 Å². The minimum atomic E-state index is -0.746. The van der Waals surface area contributed by atoms with Crippen LogP contribution in [-0.2, 0) is 0 Å². The molecule has 0 bridgehead atoms. The number of aliphatic imine (C=N–C) groups is 1. The summed E-state index contributed by atoms with van der Waals surface area (Å²) in [6, 6.07) is 9.96. The molecule has 1 unspecified atom stereocenters. The molecule has 0 spiro atoms. The van der Waals surface area contributed by atoms with Gasteiger partial charge in [0.05, 0.1) is 0 Å². The zero-order valence-electron chi connectivity index (χ0n) is 13.7. The molecule has 6 nitrogen and oxygen atoms in total. The van der Waals surface area contributed by atoms with Crippen LogP contribution < -0.4 is 16.8 Å². The number of nitrogens with zero attached hydrogens (tertiary/aromatic N) is 3. The average molecular weight is 314 g/mol. The quantitative estimate of drug-likeness (QED) is 0.736. The van der Waals surface area contributed by atoms with Crippen molar-refractivity contribution in [2.75, 3.05) is 39.8 Å². The highest BCUT2D eigenvalue weighted by Crippen LogP contribution is 2.19. The minimum Gasteiger partial charge on any atom is -0.385 e. The van der Waals surface area contributed by atoms with Crippen molar-refractivity contribution in [2.24, 2.45) is 16.5 Å². The van der Waals surface area contributed by atoms with Crippen molar-refractivity contribution in [1.29, 1.82) is 0 Å². The van der Waals surface area contributed by atoms with Gasteiger partial charge in [-0.2, -0.15) is 0 Å². The summed E-state index contributed by atoms with van der Waals surface area (Å²) in [4.78, 5) is 9.52. The summed E-state index contributed by atoms with van der Waals surface area (Å²) in [5, 5.41) is 3.12. The van der Waals surface area contributed by atoms with Gasteiger partial charge in [0.2, 0.25) is 0 Å². The van der Waals surface area contributed by atoms with Gasteiger partial charge < -0.3 is 26.6 Å². The molecule has 1 fully saturated rings. The second-order valence-corrected chi connectivity index (χ2v) is 6.44.